The molecular formula is C12H18N2. The predicted molar refractivity (Wildman–Crippen MR) is 62.1 cm³/mol. The average Bonchev–Trinajstić information content (AvgIpc) is 2.10. The molecule has 0 radical (unpaired) electrons. The Hall–Kier alpha value is -1.31. The van der Waals surface area contributed by atoms with E-state index < -0.39 is 0 Å². The molecule has 0 saturated carbocycles. The molecule has 0 aliphatic heterocycles. The van der Waals surface area contributed by atoms with E-state index in [0.29, 0.717) is 0 Å². The Balaban J connectivity index is 2.91. The number of rotatable bonds is 3. The first-order chi connectivity index (χ1) is 6.63. The molecule has 0 amide bonds. The van der Waals surface area contributed by atoms with E-state index in [1.165, 1.54) is 11.1 Å². The molecule has 2 heteroatoms. The van der Waals surface area contributed by atoms with Crippen LogP contribution in [-0.4, -0.2) is 5.84 Å². The quantitative estimate of drug-likeness (QED) is 0.577. The number of aliphatic imine (C=N–C) groups is 1. The number of nitrogens with zero attached hydrogens (tertiary/aromatic N) is 1. The van der Waals surface area contributed by atoms with Crippen molar-refractivity contribution in [3.05, 3.63) is 29.3 Å². The van der Waals surface area contributed by atoms with Crippen LogP contribution >= 0.6 is 0 Å². The number of amidine groups is 1. The fraction of sp³-hybridized carbons (Fsp3) is 0.417. The van der Waals surface area contributed by atoms with Gasteiger partial charge < -0.3 is 5.73 Å². The number of benzene rings is 1. The van der Waals surface area contributed by atoms with Crippen molar-refractivity contribution in [1.82, 2.24) is 0 Å². The normalized spacial score (nSPS) is 11.8. The summed E-state index contributed by atoms with van der Waals surface area (Å²) in [6, 6.07) is 6.20. The SMILES string of the molecule is CCCC(N)=Nc1ccc(C)cc1C. The molecule has 0 bridgehead atoms. The van der Waals surface area contributed by atoms with Crippen LogP contribution in [0.2, 0.25) is 0 Å². The molecule has 0 aromatic heterocycles. The second kappa shape index (κ2) is 4.80. The van der Waals surface area contributed by atoms with Gasteiger partial charge in [0.1, 0.15) is 0 Å². The van der Waals surface area contributed by atoms with Gasteiger partial charge in [-0.3, -0.25) is 0 Å². The molecule has 0 heterocycles. The standard InChI is InChI=1S/C12H18N2/c1-4-5-12(13)14-11-7-6-9(2)8-10(11)3/h6-8H,4-5H2,1-3H3,(H2,13,14). The van der Waals surface area contributed by atoms with Crippen molar-refractivity contribution >= 4 is 11.5 Å². The van der Waals surface area contributed by atoms with E-state index in [0.717, 1.165) is 24.4 Å². The lowest BCUT2D eigenvalue weighted by atomic mass is 10.1. The van der Waals surface area contributed by atoms with E-state index in [-0.39, 0.29) is 0 Å². The molecule has 0 aliphatic carbocycles. The minimum absolute atomic E-state index is 0.722. The highest BCUT2D eigenvalue weighted by atomic mass is 14.9. The molecule has 2 N–H and O–H groups in total. The maximum absolute atomic E-state index is 5.77. The average molecular weight is 190 g/mol. The molecule has 0 saturated heterocycles. The first-order valence-corrected chi connectivity index (χ1v) is 5.03. The van der Waals surface area contributed by atoms with E-state index in [4.69, 9.17) is 5.73 Å². The highest BCUT2D eigenvalue weighted by Crippen LogP contribution is 2.19. The molecule has 2 nitrogen and oxygen atoms in total. The van der Waals surface area contributed by atoms with Crippen molar-refractivity contribution in [2.75, 3.05) is 0 Å². The van der Waals surface area contributed by atoms with Crippen LogP contribution in [0.4, 0.5) is 5.69 Å². The molecule has 0 aliphatic rings. The lowest BCUT2D eigenvalue weighted by Crippen LogP contribution is -2.10. The van der Waals surface area contributed by atoms with Crippen LogP contribution in [0.5, 0.6) is 0 Å². The fourth-order valence-electron chi connectivity index (χ4n) is 1.40. The third-order valence-corrected chi connectivity index (χ3v) is 2.12. The summed E-state index contributed by atoms with van der Waals surface area (Å²) in [4.78, 5) is 4.38. The van der Waals surface area contributed by atoms with Crippen LogP contribution in [0.15, 0.2) is 23.2 Å². The molecule has 1 aromatic rings. The van der Waals surface area contributed by atoms with Crippen molar-refractivity contribution in [1.29, 1.82) is 0 Å². The van der Waals surface area contributed by atoms with Crippen LogP contribution in [0, 0.1) is 13.8 Å². The lowest BCUT2D eigenvalue weighted by molar-refractivity contribution is 0.983. The van der Waals surface area contributed by atoms with Crippen LogP contribution in [0.25, 0.3) is 0 Å². The van der Waals surface area contributed by atoms with E-state index in [9.17, 15) is 0 Å². The van der Waals surface area contributed by atoms with Crippen LogP contribution < -0.4 is 5.73 Å². The maximum Gasteiger partial charge on any atom is 0.0996 e. The zero-order chi connectivity index (χ0) is 10.6. The number of hydrogen-bond donors (Lipinski definition) is 1. The van der Waals surface area contributed by atoms with E-state index in [1.807, 2.05) is 6.07 Å². The van der Waals surface area contributed by atoms with Crippen molar-refractivity contribution in [2.45, 2.75) is 33.6 Å². The Bertz CT molecular complexity index is 340. The van der Waals surface area contributed by atoms with Gasteiger partial charge in [0.15, 0.2) is 0 Å². The zero-order valence-electron chi connectivity index (χ0n) is 9.17. The van der Waals surface area contributed by atoms with Crippen LogP contribution in [0.3, 0.4) is 0 Å². The Morgan fingerprint density at radius 1 is 1.36 bits per heavy atom. The highest BCUT2D eigenvalue weighted by Gasteiger charge is 1.97. The topological polar surface area (TPSA) is 38.4 Å². The van der Waals surface area contributed by atoms with Gasteiger partial charge in [-0.1, -0.05) is 24.6 Å². The summed E-state index contributed by atoms with van der Waals surface area (Å²) in [6.45, 7) is 6.24. The van der Waals surface area contributed by atoms with Crippen LogP contribution in [0.1, 0.15) is 30.9 Å². The molecule has 0 fully saturated rings. The van der Waals surface area contributed by atoms with Crippen molar-refractivity contribution in [2.24, 2.45) is 10.7 Å². The Kier molecular flexibility index (Phi) is 3.69. The number of hydrogen-bond acceptors (Lipinski definition) is 1. The third-order valence-electron chi connectivity index (χ3n) is 2.12. The molecule has 0 spiro atoms. The van der Waals surface area contributed by atoms with Crippen molar-refractivity contribution < 1.29 is 0 Å². The minimum atomic E-state index is 0.722. The Labute approximate surface area is 85.9 Å². The Morgan fingerprint density at radius 3 is 2.64 bits per heavy atom. The lowest BCUT2D eigenvalue weighted by Gasteiger charge is -2.03. The fourth-order valence-corrected chi connectivity index (χ4v) is 1.40. The summed E-state index contributed by atoms with van der Waals surface area (Å²) in [6.07, 6.45) is 1.91. The van der Waals surface area contributed by atoms with Gasteiger partial charge in [-0.15, -0.1) is 0 Å². The highest BCUT2D eigenvalue weighted by molar-refractivity contribution is 5.83. The predicted octanol–water partition coefficient (Wildman–Crippen LogP) is 3.09. The zero-order valence-corrected chi connectivity index (χ0v) is 9.17. The van der Waals surface area contributed by atoms with E-state index >= 15 is 0 Å². The first kappa shape index (κ1) is 10.8. The van der Waals surface area contributed by atoms with Gasteiger partial charge in [0, 0.05) is 6.42 Å². The van der Waals surface area contributed by atoms with E-state index in [2.05, 4.69) is 37.9 Å². The maximum atomic E-state index is 5.77. The summed E-state index contributed by atoms with van der Waals surface area (Å²) in [5.74, 6) is 0.722. The summed E-state index contributed by atoms with van der Waals surface area (Å²) >= 11 is 0. The van der Waals surface area contributed by atoms with E-state index in [1.54, 1.807) is 0 Å². The largest absolute Gasteiger partial charge is 0.387 e. The van der Waals surface area contributed by atoms with Crippen molar-refractivity contribution in [3.63, 3.8) is 0 Å². The molecule has 0 atom stereocenters. The number of nitrogens with two attached hydrogens (primary N) is 1. The molecular weight excluding hydrogens is 172 g/mol. The monoisotopic (exact) mass is 190 g/mol. The number of aryl methyl sites for hydroxylation is 2. The van der Waals surface area contributed by atoms with Gasteiger partial charge in [-0.2, -0.15) is 0 Å². The molecule has 0 unspecified atom stereocenters. The third kappa shape index (κ3) is 2.87. The summed E-state index contributed by atoms with van der Waals surface area (Å²) in [5.41, 5.74) is 9.20. The first-order valence-electron chi connectivity index (χ1n) is 5.03. The summed E-state index contributed by atoms with van der Waals surface area (Å²) in [7, 11) is 0. The smallest absolute Gasteiger partial charge is 0.0996 e. The second-order valence-corrected chi connectivity index (χ2v) is 3.64. The van der Waals surface area contributed by atoms with Gasteiger partial charge in [-0.25, -0.2) is 4.99 Å². The van der Waals surface area contributed by atoms with Gasteiger partial charge in [0.2, 0.25) is 0 Å². The summed E-state index contributed by atoms with van der Waals surface area (Å²) < 4.78 is 0. The van der Waals surface area contributed by atoms with Crippen molar-refractivity contribution in [3.8, 4) is 0 Å². The van der Waals surface area contributed by atoms with Crippen LogP contribution in [-0.2, 0) is 0 Å². The van der Waals surface area contributed by atoms with Gasteiger partial charge in [-0.05, 0) is 31.9 Å². The second-order valence-electron chi connectivity index (χ2n) is 3.64. The molecule has 14 heavy (non-hydrogen) atoms. The summed E-state index contributed by atoms with van der Waals surface area (Å²) in [5, 5.41) is 0. The van der Waals surface area contributed by atoms with Gasteiger partial charge >= 0.3 is 0 Å². The molecule has 1 rings (SSSR count). The Morgan fingerprint density at radius 2 is 2.07 bits per heavy atom. The van der Waals surface area contributed by atoms with Gasteiger partial charge in [0.25, 0.3) is 0 Å². The van der Waals surface area contributed by atoms with Gasteiger partial charge in [0.05, 0.1) is 11.5 Å². The molecule has 76 valence electrons. The molecule has 1 aromatic carbocycles. The minimum Gasteiger partial charge on any atom is -0.387 e.